The van der Waals surface area contributed by atoms with E-state index in [0.29, 0.717) is 11.5 Å². The second-order valence-electron chi connectivity index (χ2n) is 10.5. The fourth-order valence-electron chi connectivity index (χ4n) is 5.18. The summed E-state index contributed by atoms with van der Waals surface area (Å²) < 4.78 is 2.39. The average molecular weight is 537 g/mol. The summed E-state index contributed by atoms with van der Waals surface area (Å²) in [5.41, 5.74) is 8.32. The Labute approximate surface area is 242 Å². The molecule has 0 saturated heterocycles. The van der Waals surface area contributed by atoms with Gasteiger partial charge in [-0.25, -0.2) is 0 Å². The number of benzene rings is 4. The first kappa shape index (κ1) is 27.4. The highest BCUT2D eigenvalue weighted by Gasteiger charge is 2.13. The Bertz CT molecular complexity index is 1460. The van der Waals surface area contributed by atoms with Gasteiger partial charge in [0.2, 0.25) is 7.28 Å². The third kappa shape index (κ3) is 7.71. The summed E-state index contributed by atoms with van der Waals surface area (Å²) in [6.45, 7) is 2.41. The Kier molecular flexibility index (Phi) is 9.80. The number of allylic oxidation sites excluding steroid dienone is 2. The maximum Gasteiger partial charge on any atom is 0.239 e. The molecule has 5 aromatic rings. The van der Waals surface area contributed by atoms with Crippen molar-refractivity contribution in [3.63, 3.8) is 0 Å². The lowest BCUT2D eigenvalue weighted by Gasteiger charge is -2.15. The lowest BCUT2D eigenvalue weighted by molar-refractivity contribution is 0.851. The molecular weight excluding hydrogens is 499 g/mol. The van der Waals surface area contributed by atoms with Gasteiger partial charge < -0.3 is 4.57 Å². The van der Waals surface area contributed by atoms with Crippen LogP contribution >= 0.6 is 0 Å². The number of hydrogen-bond acceptors (Lipinski definition) is 1. The first-order valence-electron chi connectivity index (χ1n) is 14.3. The van der Waals surface area contributed by atoms with E-state index >= 15 is 0 Å². The van der Waals surface area contributed by atoms with Gasteiger partial charge >= 0.3 is 0 Å². The normalized spacial score (nSPS) is 12.9. The summed E-state index contributed by atoms with van der Waals surface area (Å²) in [6, 6.07) is 42.9. The van der Waals surface area contributed by atoms with Crippen molar-refractivity contribution in [1.82, 2.24) is 9.55 Å². The molecule has 0 fully saturated rings. The highest BCUT2D eigenvalue weighted by molar-refractivity contribution is 6.73. The van der Waals surface area contributed by atoms with Crippen molar-refractivity contribution in [2.24, 2.45) is 0 Å². The first-order chi connectivity index (χ1) is 19.8. The summed E-state index contributed by atoms with van der Waals surface area (Å²) >= 11 is 0. The predicted octanol–water partition coefficient (Wildman–Crippen LogP) is 6.86. The fourth-order valence-corrected chi connectivity index (χ4v) is 6.73. The molecule has 0 aliphatic rings. The van der Waals surface area contributed by atoms with Gasteiger partial charge in [0, 0.05) is 34.0 Å². The van der Waals surface area contributed by atoms with Gasteiger partial charge in [0.05, 0.1) is 5.72 Å². The Hall–Kier alpha value is -4.15. The van der Waals surface area contributed by atoms with Gasteiger partial charge in [0.25, 0.3) is 0 Å². The summed E-state index contributed by atoms with van der Waals surface area (Å²) in [7, 11) is 0.497. The van der Waals surface area contributed by atoms with E-state index in [4.69, 9.17) is 4.98 Å². The summed E-state index contributed by atoms with van der Waals surface area (Å²) in [6.07, 6.45) is 13.5. The fraction of sp³-hybridized carbons (Fsp3) is 0.139. The van der Waals surface area contributed by atoms with Gasteiger partial charge in [-0.3, -0.25) is 4.98 Å². The number of nitrogens with zero attached hydrogens (tertiary/aromatic N) is 2. The minimum absolute atomic E-state index is 0.296. The van der Waals surface area contributed by atoms with E-state index in [-0.39, 0.29) is 9.52 Å². The molecule has 0 aliphatic carbocycles. The second kappa shape index (κ2) is 14.3. The molecule has 5 rings (SSSR count). The molecule has 0 N–H and O–H groups in total. The van der Waals surface area contributed by atoms with E-state index in [2.05, 4.69) is 157 Å². The monoisotopic (exact) mass is 536 g/mol. The van der Waals surface area contributed by atoms with Gasteiger partial charge in [0.15, 0.2) is 0 Å². The van der Waals surface area contributed by atoms with Crippen LogP contribution in [0.2, 0.25) is 5.54 Å². The lowest BCUT2D eigenvalue weighted by atomic mass is 9.65. The summed E-state index contributed by atoms with van der Waals surface area (Å²) in [4.78, 5) is 4.78. The van der Waals surface area contributed by atoms with Crippen molar-refractivity contribution in [2.75, 3.05) is 0 Å². The van der Waals surface area contributed by atoms with Gasteiger partial charge in [-0.05, 0) is 34.2 Å². The first-order valence-corrected chi connectivity index (χ1v) is 16.2. The van der Waals surface area contributed by atoms with Crippen molar-refractivity contribution in [3.8, 4) is 0 Å². The Morgan fingerprint density at radius 1 is 0.800 bits per heavy atom. The van der Waals surface area contributed by atoms with E-state index in [1.54, 1.807) is 0 Å². The zero-order chi connectivity index (χ0) is 27.4. The standard InChI is InChI=1S/C36H37BN2Si/c1-29(15-14-24-34(31-18-8-3-9-19-31)32-20-10-4-11-21-32)40-28-39-26-25-38-36(39)37-35(33-22-12-5-13-23-33)27-30-16-6-2-7-17-30/h2-14,16-27,29,34,37H,15,28,40H2,1H3. The summed E-state index contributed by atoms with van der Waals surface area (Å²) in [5.74, 6) is 0.296. The molecule has 0 bridgehead atoms. The van der Waals surface area contributed by atoms with Crippen LogP contribution in [0.15, 0.2) is 146 Å². The van der Waals surface area contributed by atoms with Crippen LogP contribution in [0, 0.1) is 0 Å². The number of imidazole rings is 1. The third-order valence-corrected chi connectivity index (χ3v) is 9.54. The predicted molar refractivity (Wildman–Crippen MR) is 176 cm³/mol. The number of rotatable bonds is 12. The van der Waals surface area contributed by atoms with E-state index in [1.807, 2.05) is 6.20 Å². The molecule has 2 nitrogen and oxygen atoms in total. The minimum Gasteiger partial charge on any atom is -0.346 e. The van der Waals surface area contributed by atoms with Crippen LogP contribution in [-0.2, 0) is 6.17 Å². The molecule has 40 heavy (non-hydrogen) atoms. The Morgan fingerprint density at radius 3 is 2.00 bits per heavy atom. The van der Waals surface area contributed by atoms with Gasteiger partial charge in [-0.1, -0.05) is 152 Å². The maximum absolute atomic E-state index is 4.78. The van der Waals surface area contributed by atoms with Crippen molar-refractivity contribution in [3.05, 3.63) is 168 Å². The second-order valence-corrected chi connectivity index (χ2v) is 12.9. The minimum atomic E-state index is -0.327. The zero-order valence-electron chi connectivity index (χ0n) is 23.3. The molecule has 0 amide bonds. The average Bonchev–Trinajstić information content (AvgIpc) is 3.46. The van der Waals surface area contributed by atoms with Gasteiger partial charge in [0.1, 0.15) is 0 Å². The van der Waals surface area contributed by atoms with Crippen molar-refractivity contribution >= 4 is 34.1 Å². The molecule has 0 radical (unpaired) electrons. The van der Waals surface area contributed by atoms with Gasteiger partial charge in [-0.2, -0.15) is 0 Å². The van der Waals surface area contributed by atoms with Gasteiger partial charge in [-0.15, -0.1) is 0 Å². The molecule has 1 atom stereocenters. The van der Waals surface area contributed by atoms with Crippen molar-refractivity contribution in [1.29, 1.82) is 0 Å². The topological polar surface area (TPSA) is 17.8 Å². The molecule has 1 unspecified atom stereocenters. The quantitative estimate of drug-likeness (QED) is 0.0968. The Balaban J connectivity index is 1.23. The molecule has 0 aliphatic heterocycles. The molecule has 4 aromatic carbocycles. The van der Waals surface area contributed by atoms with Crippen LogP contribution in [0.5, 0.6) is 0 Å². The molecule has 1 aromatic heterocycles. The molecule has 0 spiro atoms. The smallest absolute Gasteiger partial charge is 0.239 e. The van der Waals surface area contributed by atoms with Crippen LogP contribution in [0.4, 0.5) is 0 Å². The highest BCUT2D eigenvalue weighted by atomic mass is 28.2. The SMILES string of the molecule is CC(CC=CC(c1ccccc1)c1ccccc1)[SiH2]Cn1ccnc1BC(=Cc1ccccc1)c1ccccc1. The zero-order valence-corrected chi connectivity index (χ0v) is 24.7. The van der Waals surface area contributed by atoms with E-state index in [1.165, 1.54) is 27.7 Å². The lowest BCUT2D eigenvalue weighted by Crippen LogP contribution is -2.29. The largest absolute Gasteiger partial charge is 0.346 e. The molecule has 1 heterocycles. The van der Waals surface area contributed by atoms with E-state index in [9.17, 15) is 0 Å². The van der Waals surface area contributed by atoms with Crippen LogP contribution < -0.4 is 5.72 Å². The Morgan fingerprint density at radius 2 is 1.38 bits per heavy atom. The molecule has 198 valence electrons. The van der Waals surface area contributed by atoms with E-state index < -0.39 is 0 Å². The maximum atomic E-state index is 4.78. The van der Waals surface area contributed by atoms with Crippen LogP contribution in [0.3, 0.4) is 0 Å². The molecule has 0 saturated carbocycles. The van der Waals surface area contributed by atoms with Crippen molar-refractivity contribution in [2.45, 2.75) is 31.0 Å². The van der Waals surface area contributed by atoms with Crippen molar-refractivity contribution < 1.29 is 0 Å². The highest BCUT2D eigenvalue weighted by Crippen LogP contribution is 2.26. The molecular formula is C36H37BN2Si. The van der Waals surface area contributed by atoms with Crippen LogP contribution in [0.1, 0.15) is 41.5 Å². The number of aromatic nitrogens is 2. The van der Waals surface area contributed by atoms with E-state index in [0.717, 1.165) is 25.6 Å². The summed E-state index contributed by atoms with van der Waals surface area (Å²) in [5, 5.41) is 0. The third-order valence-electron chi connectivity index (χ3n) is 7.48. The number of hydrogen-bond donors (Lipinski definition) is 0. The van der Waals surface area contributed by atoms with Crippen LogP contribution in [0.25, 0.3) is 11.5 Å². The van der Waals surface area contributed by atoms with Crippen LogP contribution in [-0.4, -0.2) is 26.4 Å². The molecule has 4 heteroatoms.